The van der Waals surface area contributed by atoms with Crippen LogP contribution in [0, 0.1) is 0 Å². The molecule has 3 nitrogen and oxygen atoms in total. The van der Waals surface area contributed by atoms with Crippen LogP contribution in [-0.2, 0) is 12.8 Å². The van der Waals surface area contributed by atoms with Gasteiger partial charge < -0.3 is 0 Å². The molecule has 0 atom stereocenters. The van der Waals surface area contributed by atoms with Crippen LogP contribution in [0.4, 0.5) is 5.69 Å². The average Bonchev–Trinajstić information content (AvgIpc) is 3.10. The Bertz CT molecular complexity index is 1130. The Hall–Kier alpha value is -3.07. The molecule has 0 saturated carbocycles. The molecule has 3 heterocycles. The van der Waals surface area contributed by atoms with Crippen molar-refractivity contribution in [2.45, 2.75) is 19.3 Å². The van der Waals surface area contributed by atoms with Crippen LogP contribution >= 0.6 is 0 Å². The van der Waals surface area contributed by atoms with E-state index in [1.165, 1.54) is 16.7 Å². The molecular weight excluding hydrogens is 306 g/mol. The minimum absolute atomic E-state index is 0.920. The first-order chi connectivity index (χ1) is 12.4. The van der Waals surface area contributed by atoms with Crippen LogP contribution in [0.1, 0.15) is 17.7 Å². The van der Waals surface area contributed by atoms with Crippen LogP contribution in [0.5, 0.6) is 0 Å². The lowest BCUT2D eigenvalue weighted by molar-refractivity contribution is 0.974. The van der Waals surface area contributed by atoms with Gasteiger partial charge in [-0.15, -0.1) is 0 Å². The zero-order chi connectivity index (χ0) is 16.6. The molecule has 1 aliphatic rings. The van der Waals surface area contributed by atoms with E-state index < -0.39 is 0 Å². The Morgan fingerprint density at radius 1 is 0.800 bits per heavy atom. The summed E-state index contributed by atoms with van der Waals surface area (Å²) in [6, 6.07) is 20.9. The van der Waals surface area contributed by atoms with Crippen molar-refractivity contribution in [2.75, 3.05) is 0 Å². The highest BCUT2D eigenvalue weighted by atomic mass is 14.8. The van der Waals surface area contributed by atoms with Gasteiger partial charge in [-0.05, 0) is 36.6 Å². The first-order valence-corrected chi connectivity index (χ1v) is 8.64. The van der Waals surface area contributed by atoms with Gasteiger partial charge in [0.05, 0.1) is 16.7 Å². The Kier molecular flexibility index (Phi) is 3.30. The molecule has 2 aromatic heterocycles. The maximum Gasteiger partial charge on any atom is 0.0961 e. The standard InChI is InChI=1S/C22H17N3/c1-2-6-20-15(4-1)9-10-18(24-20)11-12-19-14-17-8-7-16-5-3-13-23-21(16)22(17)25-19/h1-10,13H,11-12,14H2. The monoisotopic (exact) mass is 323 g/mol. The Balaban J connectivity index is 1.40. The molecule has 0 N–H and O–H groups in total. The fourth-order valence-electron chi connectivity index (χ4n) is 3.52. The molecule has 0 spiro atoms. The van der Waals surface area contributed by atoms with E-state index >= 15 is 0 Å². The van der Waals surface area contributed by atoms with E-state index in [2.05, 4.69) is 47.4 Å². The second-order valence-electron chi connectivity index (χ2n) is 6.50. The van der Waals surface area contributed by atoms with Crippen molar-refractivity contribution in [3.05, 3.63) is 78.1 Å². The number of fused-ring (bicyclic) bond motifs is 4. The van der Waals surface area contributed by atoms with E-state index in [0.717, 1.165) is 47.1 Å². The smallest absolute Gasteiger partial charge is 0.0961 e. The van der Waals surface area contributed by atoms with Gasteiger partial charge in [0.15, 0.2) is 0 Å². The van der Waals surface area contributed by atoms with Crippen LogP contribution < -0.4 is 0 Å². The lowest BCUT2D eigenvalue weighted by Gasteiger charge is -2.03. The van der Waals surface area contributed by atoms with Gasteiger partial charge in [0.1, 0.15) is 0 Å². The third-order valence-corrected chi connectivity index (χ3v) is 4.82. The summed E-state index contributed by atoms with van der Waals surface area (Å²) in [5.74, 6) is 0. The van der Waals surface area contributed by atoms with Gasteiger partial charge in [-0.2, -0.15) is 0 Å². The number of pyridine rings is 2. The van der Waals surface area contributed by atoms with Gasteiger partial charge in [-0.3, -0.25) is 15.0 Å². The average molecular weight is 323 g/mol. The Morgan fingerprint density at radius 2 is 1.68 bits per heavy atom. The fourth-order valence-corrected chi connectivity index (χ4v) is 3.52. The number of hydrogen-bond acceptors (Lipinski definition) is 3. The first-order valence-electron chi connectivity index (χ1n) is 8.64. The number of aryl methyl sites for hydroxylation is 1. The van der Waals surface area contributed by atoms with Crippen LogP contribution in [0.2, 0.25) is 0 Å². The molecule has 0 radical (unpaired) electrons. The maximum atomic E-state index is 4.88. The largest absolute Gasteiger partial charge is 0.255 e. The van der Waals surface area contributed by atoms with Crippen molar-refractivity contribution < 1.29 is 0 Å². The van der Waals surface area contributed by atoms with Crippen molar-refractivity contribution in [1.29, 1.82) is 0 Å². The number of rotatable bonds is 3. The summed E-state index contributed by atoms with van der Waals surface area (Å²) < 4.78 is 0. The molecule has 0 bridgehead atoms. The van der Waals surface area contributed by atoms with Crippen LogP contribution in [0.25, 0.3) is 21.8 Å². The van der Waals surface area contributed by atoms with Gasteiger partial charge in [0, 0.05) is 34.8 Å². The number of nitrogens with zero attached hydrogens (tertiary/aromatic N) is 3. The molecule has 4 aromatic rings. The van der Waals surface area contributed by atoms with Crippen LogP contribution in [0.3, 0.4) is 0 Å². The second-order valence-corrected chi connectivity index (χ2v) is 6.50. The molecule has 0 saturated heterocycles. The number of para-hydroxylation sites is 1. The highest BCUT2D eigenvalue weighted by Crippen LogP contribution is 2.34. The summed E-state index contributed by atoms with van der Waals surface area (Å²) in [7, 11) is 0. The predicted molar refractivity (Wildman–Crippen MR) is 103 cm³/mol. The summed E-state index contributed by atoms with van der Waals surface area (Å²) in [5, 5.41) is 2.34. The summed E-state index contributed by atoms with van der Waals surface area (Å²) in [4.78, 5) is 14.2. The maximum absolute atomic E-state index is 4.88. The molecule has 5 rings (SSSR count). The Morgan fingerprint density at radius 3 is 2.68 bits per heavy atom. The van der Waals surface area contributed by atoms with Gasteiger partial charge in [0.2, 0.25) is 0 Å². The van der Waals surface area contributed by atoms with E-state index in [9.17, 15) is 0 Å². The van der Waals surface area contributed by atoms with E-state index in [0.29, 0.717) is 0 Å². The quantitative estimate of drug-likeness (QED) is 0.529. The molecule has 25 heavy (non-hydrogen) atoms. The zero-order valence-corrected chi connectivity index (χ0v) is 13.8. The third-order valence-electron chi connectivity index (χ3n) is 4.82. The topological polar surface area (TPSA) is 38.1 Å². The molecule has 120 valence electrons. The van der Waals surface area contributed by atoms with Gasteiger partial charge >= 0.3 is 0 Å². The lowest BCUT2D eigenvalue weighted by atomic mass is 10.0. The Labute approximate surface area is 146 Å². The van der Waals surface area contributed by atoms with Gasteiger partial charge in [-0.1, -0.05) is 42.5 Å². The van der Waals surface area contributed by atoms with Crippen molar-refractivity contribution in [3.63, 3.8) is 0 Å². The van der Waals surface area contributed by atoms with E-state index in [4.69, 9.17) is 9.98 Å². The first kappa shape index (κ1) is 14.3. The highest BCUT2D eigenvalue weighted by molar-refractivity contribution is 6.02. The summed E-state index contributed by atoms with van der Waals surface area (Å²) >= 11 is 0. The molecule has 0 aliphatic carbocycles. The number of hydrogen-bond donors (Lipinski definition) is 0. The van der Waals surface area contributed by atoms with Crippen molar-refractivity contribution in [2.24, 2.45) is 4.99 Å². The lowest BCUT2D eigenvalue weighted by Crippen LogP contribution is -2.01. The number of aliphatic imine (C=N–C) groups is 1. The summed E-state index contributed by atoms with van der Waals surface area (Å²) in [6.07, 6.45) is 4.63. The number of benzene rings is 2. The minimum Gasteiger partial charge on any atom is -0.255 e. The predicted octanol–water partition coefficient (Wildman–Crippen LogP) is 5.04. The molecule has 2 aromatic carbocycles. The van der Waals surface area contributed by atoms with Gasteiger partial charge in [-0.25, -0.2) is 0 Å². The summed E-state index contributed by atoms with van der Waals surface area (Å²) in [5.41, 5.74) is 6.77. The van der Waals surface area contributed by atoms with E-state index in [1.807, 2.05) is 24.4 Å². The normalized spacial score (nSPS) is 13.2. The van der Waals surface area contributed by atoms with Crippen LogP contribution in [-0.4, -0.2) is 15.7 Å². The van der Waals surface area contributed by atoms with E-state index in [1.54, 1.807) is 0 Å². The van der Waals surface area contributed by atoms with Crippen LogP contribution in [0.15, 0.2) is 71.9 Å². The fraction of sp³-hybridized carbons (Fsp3) is 0.136. The molecule has 0 fully saturated rings. The number of aromatic nitrogens is 2. The minimum atomic E-state index is 0.920. The zero-order valence-electron chi connectivity index (χ0n) is 13.8. The molecule has 1 aliphatic heterocycles. The third kappa shape index (κ3) is 2.58. The van der Waals surface area contributed by atoms with Crippen molar-refractivity contribution in [3.8, 4) is 0 Å². The SMILES string of the molecule is c1ccc2nc(CCC3=Nc4c(ccc5cccnc45)C3)ccc2c1. The summed E-state index contributed by atoms with van der Waals surface area (Å²) in [6.45, 7) is 0. The molecular formula is C22H17N3. The second kappa shape index (κ2) is 5.78. The molecule has 0 amide bonds. The van der Waals surface area contributed by atoms with Gasteiger partial charge in [0.25, 0.3) is 0 Å². The molecule has 3 heteroatoms. The highest BCUT2D eigenvalue weighted by Gasteiger charge is 2.17. The van der Waals surface area contributed by atoms with E-state index in [-0.39, 0.29) is 0 Å². The van der Waals surface area contributed by atoms with Crippen molar-refractivity contribution in [1.82, 2.24) is 9.97 Å². The molecule has 0 unspecified atom stereocenters. The van der Waals surface area contributed by atoms with Crippen molar-refractivity contribution >= 4 is 33.2 Å².